The molecule has 0 amide bonds. The minimum absolute atomic E-state index is 0.263. The maximum atomic E-state index is 13.3. The molecule has 0 unspecified atom stereocenters. The van der Waals surface area contributed by atoms with Crippen LogP contribution in [-0.2, 0) is 6.54 Å². The highest BCUT2D eigenvalue weighted by molar-refractivity contribution is 5.52. The minimum Gasteiger partial charge on any atom is -0.381 e. The third kappa shape index (κ3) is 3.92. The van der Waals surface area contributed by atoms with Crippen molar-refractivity contribution in [3.8, 4) is 0 Å². The van der Waals surface area contributed by atoms with Gasteiger partial charge in [-0.2, -0.15) is 0 Å². The van der Waals surface area contributed by atoms with Gasteiger partial charge < -0.3 is 10.2 Å². The SMILES string of the molecule is CN(C)c1ccc(CNc2cc(F)cc([N+](=O)[O-])c2)cc1. The summed E-state index contributed by atoms with van der Waals surface area (Å²) >= 11 is 0. The molecule has 2 aromatic carbocycles. The van der Waals surface area contributed by atoms with Crippen LogP contribution in [0.2, 0.25) is 0 Å². The molecule has 0 heterocycles. The Kier molecular flexibility index (Phi) is 4.37. The highest BCUT2D eigenvalue weighted by Crippen LogP contribution is 2.21. The second-order valence-electron chi connectivity index (χ2n) is 4.87. The van der Waals surface area contributed by atoms with E-state index >= 15 is 0 Å². The van der Waals surface area contributed by atoms with Crippen LogP contribution in [0.15, 0.2) is 42.5 Å². The maximum Gasteiger partial charge on any atom is 0.274 e. The van der Waals surface area contributed by atoms with E-state index in [4.69, 9.17) is 0 Å². The summed E-state index contributed by atoms with van der Waals surface area (Å²) in [5.74, 6) is -0.630. The molecule has 0 aromatic heterocycles. The Hall–Kier alpha value is -2.63. The lowest BCUT2D eigenvalue weighted by molar-refractivity contribution is -0.385. The molecule has 5 nitrogen and oxygen atoms in total. The van der Waals surface area contributed by atoms with Crippen molar-refractivity contribution in [2.75, 3.05) is 24.3 Å². The number of benzene rings is 2. The quantitative estimate of drug-likeness (QED) is 0.677. The molecular formula is C15H16FN3O2. The van der Waals surface area contributed by atoms with Crippen molar-refractivity contribution in [1.29, 1.82) is 0 Å². The van der Waals surface area contributed by atoms with Crippen molar-refractivity contribution in [2.24, 2.45) is 0 Å². The molecule has 21 heavy (non-hydrogen) atoms. The van der Waals surface area contributed by atoms with E-state index in [1.807, 2.05) is 43.3 Å². The van der Waals surface area contributed by atoms with Crippen molar-refractivity contribution in [3.63, 3.8) is 0 Å². The average molecular weight is 289 g/mol. The van der Waals surface area contributed by atoms with Gasteiger partial charge in [0.05, 0.1) is 11.0 Å². The molecule has 0 spiro atoms. The van der Waals surface area contributed by atoms with Crippen LogP contribution in [0.25, 0.3) is 0 Å². The molecular weight excluding hydrogens is 273 g/mol. The summed E-state index contributed by atoms with van der Waals surface area (Å²) in [6.07, 6.45) is 0. The fourth-order valence-corrected chi connectivity index (χ4v) is 1.90. The summed E-state index contributed by atoms with van der Waals surface area (Å²) < 4.78 is 13.3. The van der Waals surface area contributed by atoms with Gasteiger partial charge in [0.2, 0.25) is 0 Å². The Bertz CT molecular complexity index is 642. The van der Waals surface area contributed by atoms with Crippen molar-refractivity contribution in [2.45, 2.75) is 6.54 Å². The number of non-ortho nitro benzene ring substituents is 1. The van der Waals surface area contributed by atoms with Gasteiger partial charge in [0.1, 0.15) is 5.82 Å². The van der Waals surface area contributed by atoms with Gasteiger partial charge in [-0.1, -0.05) is 12.1 Å². The van der Waals surface area contributed by atoms with E-state index < -0.39 is 10.7 Å². The molecule has 0 radical (unpaired) electrons. The summed E-state index contributed by atoms with van der Waals surface area (Å²) in [5.41, 5.74) is 2.21. The van der Waals surface area contributed by atoms with E-state index in [-0.39, 0.29) is 5.69 Å². The molecule has 0 atom stereocenters. The number of hydrogen-bond acceptors (Lipinski definition) is 4. The molecule has 0 aliphatic rings. The van der Waals surface area contributed by atoms with E-state index in [2.05, 4.69) is 5.32 Å². The predicted molar refractivity (Wildman–Crippen MR) is 81.2 cm³/mol. The van der Waals surface area contributed by atoms with E-state index in [1.165, 1.54) is 12.1 Å². The first kappa shape index (κ1) is 14.8. The summed E-state index contributed by atoms with van der Waals surface area (Å²) in [5, 5.41) is 13.7. The molecule has 0 aliphatic carbocycles. The van der Waals surface area contributed by atoms with Gasteiger partial charge in [-0.3, -0.25) is 10.1 Å². The molecule has 0 bridgehead atoms. The van der Waals surface area contributed by atoms with Gasteiger partial charge in [-0.25, -0.2) is 4.39 Å². The number of nitrogens with zero attached hydrogens (tertiary/aromatic N) is 2. The van der Waals surface area contributed by atoms with Crippen LogP contribution < -0.4 is 10.2 Å². The van der Waals surface area contributed by atoms with Crippen LogP contribution in [0, 0.1) is 15.9 Å². The lowest BCUT2D eigenvalue weighted by atomic mass is 10.2. The number of nitro benzene ring substituents is 1. The molecule has 2 rings (SSSR count). The van der Waals surface area contributed by atoms with E-state index in [0.717, 1.165) is 17.3 Å². The molecule has 0 saturated carbocycles. The lowest BCUT2D eigenvalue weighted by Crippen LogP contribution is -2.08. The zero-order valence-corrected chi connectivity index (χ0v) is 11.8. The smallest absolute Gasteiger partial charge is 0.274 e. The molecule has 110 valence electrons. The number of nitrogens with one attached hydrogen (secondary N) is 1. The molecule has 0 saturated heterocycles. The van der Waals surface area contributed by atoms with Crippen molar-refractivity contribution < 1.29 is 9.31 Å². The van der Waals surface area contributed by atoms with Crippen molar-refractivity contribution in [1.82, 2.24) is 0 Å². The number of hydrogen-bond donors (Lipinski definition) is 1. The Labute approximate surface area is 122 Å². The van der Waals surface area contributed by atoms with Crippen LogP contribution in [-0.4, -0.2) is 19.0 Å². The highest BCUT2D eigenvalue weighted by atomic mass is 19.1. The largest absolute Gasteiger partial charge is 0.381 e. The first-order valence-electron chi connectivity index (χ1n) is 6.41. The number of anilines is 2. The number of rotatable bonds is 5. The Morgan fingerprint density at radius 2 is 1.86 bits per heavy atom. The zero-order valence-electron chi connectivity index (χ0n) is 11.8. The highest BCUT2D eigenvalue weighted by Gasteiger charge is 2.09. The Morgan fingerprint density at radius 1 is 1.19 bits per heavy atom. The summed E-state index contributed by atoms with van der Waals surface area (Å²) in [6.45, 7) is 0.467. The first-order valence-corrected chi connectivity index (χ1v) is 6.41. The zero-order chi connectivity index (χ0) is 15.4. The van der Waals surface area contributed by atoms with Gasteiger partial charge in [-0.05, 0) is 23.8 Å². The third-order valence-electron chi connectivity index (χ3n) is 3.04. The Balaban J connectivity index is 2.07. The summed E-state index contributed by atoms with van der Waals surface area (Å²) in [7, 11) is 3.91. The van der Waals surface area contributed by atoms with Crippen LogP contribution >= 0.6 is 0 Å². The van der Waals surface area contributed by atoms with E-state index in [1.54, 1.807) is 0 Å². The maximum absolute atomic E-state index is 13.3. The Morgan fingerprint density at radius 3 is 2.43 bits per heavy atom. The van der Waals surface area contributed by atoms with Crippen LogP contribution in [0.5, 0.6) is 0 Å². The second kappa shape index (κ2) is 6.21. The van der Waals surface area contributed by atoms with E-state index in [9.17, 15) is 14.5 Å². The fraction of sp³-hybridized carbons (Fsp3) is 0.200. The third-order valence-corrected chi connectivity index (χ3v) is 3.04. The monoisotopic (exact) mass is 289 g/mol. The van der Waals surface area contributed by atoms with E-state index in [0.29, 0.717) is 12.2 Å². The minimum atomic E-state index is -0.630. The summed E-state index contributed by atoms with van der Waals surface area (Å²) in [4.78, 5) is 12.1. The molecule has 0 fully saturated rings. The lowest BCUT2D eigenvalue weighted by Gasteiger charge is -2.13. The van der Waals surface area contributed by atoms with Crippen LogP contribution in [0.4, 0.5) is 21.5 Å². The molecule has 1 N–H and O–H groups in total. The van der Waals surface area contributed by atoms with Crippen LogP contribution in [0.3, 0.4) is 0 Å². The first-order chi connectivity index (χ1) is 9.95. The van der Waals surface area contributed by atoms with Gasteiger partial charge in [0, 0.05) is 38.1 Å². The number of nitro groups is 1. The summed E-state index contributed by atoms with van der Waals surface area (Å²) in [6, 6.07) is 11.3. The second-order valence-corrected chi connectivity index (χ2v) is 4.87. The van der Waals surface area contributed by atoms with Gasteiger partial charge in [0.15, 0.2) is 0 Å². The average Bonchev–Trinajstić information content (AvgIpc) is 2.45. The normalized spacial score (nSPS) is 10.2. The van der Waals surface area contributed by atoms with Gasteiger partial charge in [0.25, 0.3) is 5.69 Å². The molecule has 2 aromatic rings. The molecule has 0 aliphatic heterocycles. The van der Waals surface area contributed by atoms with Gasteiger partial charge >= 0.3 is 0 Å². The van der Waals surface area contributed by atoms with Crippen molar-refractivity contribution in [3.05, 3.63) is 64.0 Å². The fourth-order valence-electron chi connectivity index (χ4n) is 1.90. The predicted octanol–water partition coefficient (Wildman–Crippen LogP) is 3.41. The van der Waals surface area contributed by atoms with Gasteiger partial charge in [-0.15, -0.1) is 0 Å². The standard InChI is InChI=1S/C15H16FN3O2/c1-18(2)14-5-3-11(4-6-14)10-17-13-7-12(16)8-15(9-13)19(20)21/h3-9,17H,10H2,1-2H3. The molecule has 6 heteroatoms. The number of halogens is 1. The topological polar surface area (TPSA) is 58.4 Å². The van der Waals surface area contributed by atoms with Crippen molar-refractivity contribution >= 4 is 17.1 Å². The van der Waals surface area contributed by atoms with Crippen LogP contribution in [0.1, 0.15) is 5.56 Å².